The van der Waals surface area contributed by atoms with E-state index in [4.69, 9.17) is 0 Å². The summed E-state index contributed by atoms with van der Waals surface area (Å²) in [4.78, 5) is 31.4. The summed E-state index contributed by atoms with van der Waals surface area (Å²) in [6.07, 6.45) is 0. The van der Waals surface area contributed by atoms with Crippen LogP contribution in [0.25, 0.3) is 32.8 Å². The van der Waals surface area contributed by atoms with E-state index in [0.29, 0.717) is 31.8 Å². The normalized spacial score (nSPS) is 11.3. The Morgan fingerprint density at radius 2 is 1.74 bits per heavy atom. The molecule has 3 aromatic carbocycles. The van der Waals surface area contributed by atoms with Gasteiger partial charge >= 0.3 is 5.97 Å². The number of nitrogens with one attached hydrogen (secondary N) is 1. The minimum Gasteiger partial charge on any atom is -0.478 e. The van der Waals surface area contributed by atoms with Crippen LogP contribution in [-0.2, 0) is 0 Å². The molecule has 0 saturated heterocycles. The summed E-state index contributed by atoms with van der Waals surface area (Å²) >= 11 is 3.23. The molecule has 5 nitrogen and oxygen atoms in total. The first-order chi connectivity index (χ1) is 11.1. The number of fused-ring (bicyclic) bond motifs is 4. The highest BCUT2D eigenvalue weighted by Crippen LogP contribution is 2.25. The van der Waals surface area contributed by atoms with Crippen LogP contribution in [0.4, 0.5) is 0 Å². The maximum absolute atomic E-state index is 12.2. The molecule has 0 saturated carbocycles. The van der Waals surface area contributed by atoms with E-state index in [-0.39, 0.29) is 11.0 Å². The Morgan fingerprint density at radius 1 is 1.00 bits per heavy atom. The van der Waals surface area contributed by atoms with Gasteiger partial charge in [-0.2, -0.15) is 0 Å². The second-order valence-corrected chi connectivity index (χ2v) is 6.03. The fourth-order valence-electron chi connectivity index (χ4n) is 2.75. The second kappa shape index (κ2) is 4.89. The maximum atomic E-state index is 12.2. The van der Waals surface area contributed by atoms with E-state index in [1.54, 1.807) is 36.4 Å². The molecule has 112 valence electrons. The summed E-state index contributed by atoms with van der Waals surface area (Å²) < 4.78 is 0.486. The van der Waals surface area contributed by atoms with Crippen molar-refractivity contribution < 1.29 is 9.90 Å². The monoisotopic (exact) mass is 368 g/mol. The van der Waals surface area contributed by atoms with Crippen LogP contribution in [0.15, 0.2) is 51.7 Å². The van der Waals surface area contributed by atoms with E-state index in [9.17, 15) is 14.7 Å². The standard InChI is InChI=1S/C17H9BrN2O3/c18-11-6-4-8-9(16(11)21)5-7-13-14(8)20-15-10(17(22)23)2-1-3-12(15)19-13/h1-7,19H,(H,22,23). The Kier molecular flexibility index (Phi) is 2.96. The molecule has 0 unspecified atom stereocenters. The number of H-pyrrole nitrogens is 1. The first-order valence-corrected chi connectivity index (χ1v) is 7.63. The third-order valence-corrected chi connectivity index (χ3v) is 4.46. The number of rotatable bonds is 1. The molecule has 1 aromatic heterocycles. The van der Waals surface area contributed by atoms with Gasteiger partial charge in [-0.1, -0.05) is 12.1 Å². The molecule has 4 rings (SSSR count). The Hall–Kier alpha value is -2.73. The molecule has 0 radical (unpaired) electrons. The first kappa shape index (κ1) is 13.9. The molecule has 1 heterocycles. The molecule has 0 aliphatic carbocycles. The van der Waals surface area contributed by atoms with E-state index in [0.717, 1.165) is 5.52 Å². The summed E-state index contributed by atoms with van der Waals surface area (Å²) in [6, 6.07) is 12.0. The van der Waals surface area contributed by atoms with E-state index in [1.807, 2.05) is 0 Å². The largest absolute Gasteiger partial charge is 0.478 e. The number of hydrogen-bond acceptors (Lipinski definition) is 3. The average molecular weight is 369 g/mol. The van der Waals surface area contributed by atoms with Gasteiger partial charge in [-0.15, -0.1) is 0 Å². The Balaban J connectivity index is 2.24. The summed E-state index contributed by atoms with van der Waals surface area (Å²) in [5, 5.41) is 10.6. The van der Waals surface area contributed by atoms with E-state index < -0.39 is 5.97 Å². The van der Waals surface area contributed by atoms with Crippen LogP contribution in [0.3, 0.4) is 0 Å². The Labute approximate surface area is 137 Å². The number of carboxylic acid groups (broad SMARTS) is 1. The zero-order valence-corrected chi connectivity index (χ0v) is 13.2. The lowest BCUT2D eigenvalue weighted by Gasteiger charge is -2.07. The number of aromatic nitrogens is 2. The lowest BCUT2D eigenvalue weighted by Crippen LogP contribution is -2.03. The molecule has 0 atom stereocenters. The number of carboxylic acids is 1. The highest BCUT2D eigenvalue weighted by Gasteiger charge is 2.13. The molecule has 0 aliphatic heterocycles. The number of hydrogen-bond donors (Lipinski definition) is 2. The number of halogens is 1. The van der Waals surface area contributed by atoms with Crippen LogP contribution >= 0.6 is 15.9 Å². The van der Waals surface area contributed by atoms with Gasteiger partial charge in [-0.25, -0.2) is 9.78 Å². The SMILES string of the molecule is O=C(O)c1cccc2[nH]c3ccc4c(=O)c(Br)ccc4c3nc12. The van der Waals surface area contributed by atoms with Crippen LogP contribution in [0.5, 0.6) is 0 Å². The molecular weight excluding hydrogens is 360 g/mol. The van der Waals surface area contributed by atoms with Crippen LogP contribution in [-0.4, -0.2) is 21.0 Å². The molecule has 0 spiro atoms. The van der Waals surface area contributed by atoms with Crippen molar-refractivity contribution in [1.29, 1.82) is 0 Å². The van der Waals surface area contributed by atoms with Gasteiger partial charge in [0.2, 0.25) is 5.43 Å². The van der Waals surface area contributed by atoms with E-state index >= 15 is 0 Å². The smallest absolute Gasteiger partial charge is 0.337 e. The quantitative estimate of drug-likeness (QED) is 0.396. The zero-order chi connectivity index (χ0) is 16.1. The number of benzene rings is 3. The lowest BCUT2D eigenvalue weighted by atomic mass is 10.1. The number of aromatic amines is 1. The number of carbonyl (C=O) groups is 1. The Bertz CT molecular complexity index is 1180. The van der Waals surface area contributed by atoms with Crippen molar-refractivity contribution >= 4 is 54.7 Å². The molecule has 23 heavy (non-hydrogen) atoms. The van der Waals surface area contributed by atoms with Gasteiger partial charge in [0, 0.05) is 10.8 Å². The third kappa shape index (κ3) is 2.03. The van der Waals surface area contributed by atoms with Crippen molar-refractivity contribution in [2.45, 2.75) is 0 Å². The summed E-state index contributed by atoms with van der Waals surface area (Å²) in [5.41, 5.74) is 2.34. The molecule has 2 N–H and O–H groups in total. The maximum Gasteiger partial charge on any atom is 0.337 e. The zero-order valence-electron chi connectivity index (χ0n) is 11.6. The van der Waals surface area contributed by atoms with Gasteiger partial charge in [0.1, 0.15) is 5.52 Å². The number of para-hydroxylation sites is 1. The van der Waals surface area contributed by atoms with Crippen molar-refractivity contribution in [2.24, 2.45) is 0 Å². The second-order valence-electron chi connectivity index (χ2n) is 5.18. The van der Waals surface area contributed by atoms with Crippen molar-refractivity contribution in [3.63, 3.8) is 0 Å². The van der Waals surface area contributed by atoms with Gasteiger partial charge in [0.25, 0.3) is 0 Å². The van der Waals surface area contributed by atoms with E-state index in [2.05, 4.69) is 25.9 Å². The Morgan fingerprint density at radius 3 is 2.52 bits per heavy atom. The fourth-order valence-corrected chi connectivity index (χ4v) is 3.10. The molecule has 0 bridgehead atoms. The van der Waals surface area contributed by atoms with Crippen molar-refractivity contribution in [1.82, 2.24) is 9.97 Å². The number of nitrogens with zero attached hydrogens (tertiary/aromatic N) is 1. The molecule has 0 fully saturated rings. The first-order valence-electron chi connectivity index (χ1n) is 6.83. The van der Waals surface area contributed by atoms with Crippen molar-refractivity contribution in [2.75, 3.05) is 0 Å². The van der Waals surface area contributed by atoms with Gasteiger partial charge in [0.15, 0.2) is 0 Å². The topological polar surface area (TPSA) is 83.0 Å². The van der Waals surface area contributed by atoms with Crippen LogP contribution < -0.4 is 5.43 Å². The summed E-state index contributed by atoms with van der Waals surface area (Å²) in [6.45, 7) is 0. The molecule has 0 amide bonds. The highest BCUT2D eigenvalue weighted by molar-refractivity contribution is 9.10. The average Bonchev–Trinajstić information content (AvgIpc) is 2.55. The van der Waals surface area contributed by atoms with Crippen LogP contribution in [0.2, 0.25) is 0 Å². The van der Waals surface area contributed by atoms with E-state index in [1.165, 1.54) is 6.07 Å². The molecule has 6 heteroatoms. The highest BCUT2D eigenvalue weighted by atomic mass is 79.9. The fraction of sp³-hybridized carbons (Fsp3) is 0. The van der Waals surface area contributed by atoms with Gasteiger partial charge in [0.05, 0.1) is 26.6 Å². The minimum absolute atomic E-state index is 0.113. The van der Waals surface area contributed by atoms with Gasteiger partial charge in [-0.05, 0) is 46.3 Å². The lowest BCUT2D eigenvalue weighted by molar-refractivity contribution is 0.0699. The van der Waals surface area contributed by atoms with Gasteiger partial charge in [-0.3, -0.25) is 4.79 Å². The third-order valence-electron chi connectivity index (χ3n) is 3.83. The minimum atomic E-state index is -1.04. The van der Waals surface area contributed by atoms with Crippen LogP contribution in [0, 0.1) is 0 Å². The van der Waals surface area contributed by atoms with Crippen LogP contribution in [0.1, 0.15) is 10.4 Å². The predicted octanol–water partition coefficient (Wildman–Crippen LogP) is 3.69. The molecule has 4 aromatic rings. The summed E-state index contributed by atoms with van der Waals surface area (Å²) in [7, 11) is 0. The van der Waals surface area contributed by atoms with Crippen molar-refractivity contribution in [3.8, 4) is 0 Å². The number of aromatic carboxylic acids is 1. The van der Waals surface area contributed by atoms with Crippen molar-refractivity contribution in [3.05, 3.63) is 62.7 Å². The molecule has 0 aliphatic rings. The molecular formula is C17H9BrN2O3. The summed E-state index contributed by atoms with van der Waals surface area (Å²) in [5.74, 6) is -1.04. The predicted molar refractivity (Wildman–Crippen MR) is 92.0 cm³/mol. The van der Waals surface area contributed by atoms with Gasteiger partial charge < -0.3 is 10.1 Å².